The Kier molecular flexibility index (Phi) is 4.25. The maximum Gasteiger partial charge on any atom is 0.137 e. The molecule has 0 amide bonds. The van der Waals surface area contributed by atoms with Crippen molar-refractivity contribution < 1.29 is 14.6 Å². The van der Waals surface area contributed by atoms with Crippen molar-refractivity contribution in [1.29, 1.82) is 0 Å². The topological polar surface area (TPSA) is 40.5 Å². The lowest BCUT2D eigenvalue weighted by Crippen LogP contribution is -2.28. The Hall–Kier alpha value is -0.450. The summed E-state index contributed by atoms with van der Waals surface area (Å²) in [5.41, 5.74) is 0.136. The molecule has 1 aromatic carbocycles. The van der Waals surface area contributed by atoms with E-state index in [9.17, 15) is 4.39 Å². The van der Waals surface area contributed by atoms with Gasteiger partial charge in [0, 0.05) is 5.41 Å². The van der Waals surface area contributed by atoms with Crippen molar-refractivity contribution in [1.82, 2.24) is 0 Å². The molecule has 0 aromatic heterocycles. The Morgan fingerprint density at radius 2 is 1.93 bits per heavy atom. The molecule has 15 heavy (non-hydrogen) atoms. The van der Waals surface area contributed by atoms with Crippen molar-refractivity contribution in [3.8, 4) is 0 Å². The van der Waals surface area contributed by atoms with Crippen LogP contribution in [0.2, 0.25) is 0 Å². The number of aliphatic hydroxyl groups excluding tert-OH is 2. The average molecular weight is 277 g/mol. The summed E-state index contributed by atoms with van der Waals surface area (Å²) in [5.74, 6) is -0.328. The van der Waals surface area contributed by atoms with Crippen molar-refractivity contribution in [3.63, 3.8) is 0 Å². The van der Waals surface area contributed by atoms with E-state index in [1.165, 1.54) is 6.07 Å². The van der Waals surface area contributed by atoms with Gasteiger partial charge in [-0.15, -0.1) is 0 Å². The maximum atomic E-state index is 13.2. The van der Waals surface area contributed by atoms with Crippen molar-refractivity contribution in [2.24, 2.45) is 5.41 Å². The van der Waals surface area contributed by atoms with Crippen LogP contribution < -0.4 is 0 Å². The van der Waals surface area contributed by atoms with E-state index >= 15 is 0 Å². The van der Waals surface area contributed by atoms with Crippen LogP contribution in [-0.2, 0) is 6.42 Å². The lowest BCUT2D eigenvalue weighted by molar-refractivity contribution is 0.0702. The smallest absolute Gasteiger partial charge is 0.137 e. The zero-order chi connectivity index (χ0) is 11.5. The highest BCUT2D eigenvalue weighted by Gasteiger charge is 2.24. The third-order valence-corrected chi connectivity index (χ3v) is 3.30. The van der Waals surface area contributed by atoms with E-state index in [-0.39, 0.29) is 19.0 Å². The molecule has 0 fully saturated rings. The number of benzene rings is 1. The highest BCUT2D eigenvalue weighted by Crippen LogP contribution is 2.28. The maximum absolute atomic E-state index is 13.2. The molecular weight excluding hydrogens is 263 g/mol. The van der Waals surface area contributed by atoms with Crippen molar-refractivity contribution >= 4 is 15.9 Å². The van der Waals surface area contributed by atoms with Crippen LogP contribution in [-0.4, -0.2) is 23.4 Å². The summed E-state index contributed by atoms with van der Waals surface area (Å²) in [6.07, 6.45) is 0.429. The quantitative estimate of drug-likeness (QED) is 0.885. The van der Waals surface area contributed by atoms with Crippen LogP contribution in [0.4, 0.5) is 4.39 Å². The third kappa shape index (κ3) is 3.00. The normalized spacial score (nSPS) is 11.8. The number of rotatable bonds is 4. The van der Waals surface area contributed by atoms with Crippen LogP contribution in [0.1, 0.15) is 12.5 Å². The second-order valence-corrected chi connectivity index (χ2v) is 4.81. The van der Waals surface area contributed by atoms with Crippen molar-refractivity contribution in [3.05, 3.63) is 34.1 Å². The third-order valence-electron chi connectivity index (χ3n) is 2.41. The Morgan fingerprint density at radius 1 is 1.33 bits per heavy atom. The molecule has 1 aromatic rings. The Bertz CT molecular complexity index is 337. The van der Waals surface area contributed by atoms with Crippen LogP contribution in [0.15, 0.2) is 22.7 Å². The number of hydrogen-bond donors (Lipinski definition) is 2. The lowest BCUT2D eigenvalue weighted by atomic mass is 9.85. The van der Waals surface area contributed by atoms with Gasteiger partial charge in [-0.05, 0) is 34.0 Å². The van der Waals surface area contributed by atoms with Crippen LogP contribution in [0, 0.1) is 11.2 Å². The molecule has 0 heterocycles. The minimum absolute atomic E-state index is 0.132. The predicted molar refractivity (Wildman–Crippen MR) is 60.1 cm³/mol. The molecule has 1 rings (SSSR count). The predicted octanol–water partition coefficient (Wildman–Crippen LogP) is 2.12. The lowest BCUT2D eigenvalue weighted by Gasteiger charge is -2.25. The van der Waals surface area contributed by atoms with E-state index in [1.807, 2.05) is 0 Å². The first-order valence-electron chi connectivity index (χ1n) is 4.67. The first-order chi connectivity index (χ1) is 7.02. The van der Waals surface area contributed by atoms with E-state index in [4.69, 9.17) is 10.2 Å². The molecule has 2 N–H and O–H groups in total. The second-order valence-electron chi connectivity index (χ2n) is 4.02. The second kappa shape index (κ2) is 5.05. The van der Waals surface area contributed by atoms with Gasteiger partial charge in [0.2, 0.25) is 0 Å². The Labute approximate surface area is 96.9 Å². The summed E-state index contributed by atoms with van der Waals surface area (Å²) >= 11 is 3.15. The van der Waals surface area contributed by atoms with Gasteiger partial charge in [-0.1, -0.05) is 19.1 Å². The molecule has 0 unspecified atom stereocenters. The molecule has 4 heteroatoms. The van der Waals surface area contributed by atoms with Crippen LogP contribution in [0.3, 0.4) is 0 Å². The Morgan fingerprint density at radius 3 is 2.47 bits per heavy atom. The van der Waals surface area contributed by atoms with Crippen molar-refractivity contribution in [2.75, 3.05) is 13.2 Å². The molecule has 0 aliphatic heterocycles. The summed E-state index contributed by atoms with van der Waals surface area (Å²) in [7, 11) is 0. The van der Waals surface area contributed by atoms with Gasteiger partial charge < -0.3 is 10.2 Å². The zero-order valence-electron chi connectivity index (χ0n) is 8.50. The summed E-state index contributed by atoms with van der Waals surface area (Å²) in [4.78, 5) is 0. The highest BCUT2D eigenvalue weighted by molar-refractivity contribution is 9.10. The fourth-order valence-corrected chi connectivity index (χ4v) is 1.71. The molecule has 0 saturated heterocycles. The highest BCUT2D eigenvalue weighted by atomic mass is 79.9. The SMILES string of the molecule is CC(CO)(CO)Cc1cccc(F)c1Br. The van der Waals surface area contributed by atoms with Gasteiger partial charge in [-0.25, -0.2) is 4.39 Å². The number of halogens is 2. The molecule has 0 radical (unpaired) electrons. The largest absolute Gasteiger partial charge is 0.396 e. The van der Waals surface area contributed by atoms with Crippen molar-refractivity contribution in [2.45, 2.75) is 13.3 Å². The first-order valence-corrected chi connectivity index (χ1v) is 5.46. The molecule has 84 valence electrons. The van der Waals surface area contributed by atoms with E-state index in [0.717, 1.165) is 5.56 Å². The van der Waals surface area contributed by atoms with E-state index in [0.29, 0.717) is 10.9 Å². The molecule has 0 atom stereocenters. The average Bonchev–Trinajstić information content (AvgIpc) is 2.25. The number of hydrogen-bond acceptors (Lipinski definition) is 2. The molecular formula is C11H14BrFO2. The van der Waals surface area contributed by atoms with Gasteiger partial charge in [0.05, 0.1) is 17.7 Å². The van der Waals surface area contributed by atoms with Gasteiger partial charge in [-0.3, -0.25) is 0 Å². The molecule has 0 spiro atoms. The van der Waals surface area contributed by atoms with Gasteiger partial charge in [-0.2, -0.15) is 0 Å². The van der Waals surface area contributed by atoms with E-state index in [1.54, 1.807) is 19.1 Å². The summed E-state index contributed by atoms with van der Waals surface area (Å²) in [6, 6.07) is 4.75. The van der Waals surface area contributed by atoms with Gasteiger partial charge in [0.1, 0.15) is 5.82 Å². The molecule has 0 bridgehead atoms. The van der Waals surface area contributed by atoms with Crippen LogP contribution in [0.25, 0.3) is 0 Å². The number of aliphatic hydroxyl groups is 2. The molecule has 0 aliphatic rings. The van der Waals surface area contributed by atoms with Gasteiger partial charge in [0.15, 0.2) is 0 Å². The fraction of sp³-hybridized carbons (Fsp3) is 0.455. The van der Waals surface area contributed by atoms with Gasteiger partial charge >= 0.3 is 0 Å². The molecule has 2 nitrogen and oxygen atoms in total. The first kappa shape index (κ1) is 12.6. The molecule has 0 aliphatic carbocycles. The monoisotopic (exact) mass is 276 g/mol. The minimum Gasteiger partial charge on any atom is -0.396 e. The summed E-state index contributed by atoms with van der Waals surface area (Å²) in [6.45, 7) is 1.49. The van der Waals surface area contributed by atoms with Gasteiger partial charge in [0.25, 0.3) is 0 Å². The Balaban J connectivity index is 2.94. The summed E-state index contributed by atoms with van der Waals surface area (Å²) in [5, 5.41) is 18.3. The van der Waals surface area contributed by atoms with Crippen LogP contribution in [0.5, 0.6) is 0 Å². The van der Waals surface area contributed by atoms with Crippen LogP contribution >= 0.6 is 15.9 Å². The zero-order valence-corrected chi connectivity index (χ0v) is 10.1. The van der Waals surface area contributed by atoms with E-state index in [2.05, 4.69) is 15.9 Å². The fourth-order valence-electron chi connectivity index (χ4n) is 1.31. The van der Waals surface area contributed by atoms with E-state index < -0.39 is 5.41 Å². The standard InChI is InChI=1S/C11H14BrFO2/c1-11(6-14,7-15)5-8-3-2-4-9(13)10(8)12/h2-4,14-15H,5-7H2,1H3. The molecule has 0 saturated carbocycles. The minimum atomic E-state index is -0.615. The summed E-state index contributed by atoms with van der Waals surface area (Å²) < 4.78 is 13.6.